The van der Waals surface area contributed by atoms with Gasteiger partial charge in [0.15, 0.2) is 0 Å². The number of carbonyl (C=O) groups excluding carboxylic acids is 1. The maximum Gasteiger partial charge on any atom is 3.00 e. The Balaban J connectivity index is 0.00000144. The van der Waals surface area contributed by atoms with Crippen LogP contribution in [0.1, 0.15) is 24.8 Å². The molecule has 1 aliphatic carbocycles. The van der Waals surface area contributed by atoms with E-state index in [1.54, 1.807) is 6.07 Å². The van der Waals surface area contributed by atoms with Crippen LogP contribution in [0.5, 0.6) is 11.5 Å². The number of benzene rings is 1. The van der Waals surface area contributed by atoms with E-state index < -0.39 is 0 Å². The summed E-state index contributed by atoms with van der Waals surface area (Å²) in [6, 6.07) is 4.51. The summed E-state index contributed by atoms with van der Waals surface area (Å²) in [5.41, 5.74) is 1.65. The molecule has 0 spiro atoms. The van der Waals surface area contributed by atoms with Gasteiger partial charge in [-0.25, -0.2) is 0 Å². The topological polar surface area (TPSA) is 57.5 Å². The number of rotatable bonds is 2. The van der Waals surface area contributed by atoms with Gasteiger partial charge in [-0.15, -0.1) is 12.0 Å². The third-order valence-electron chi connectivity index (χ3n) is 2.84. The second kappa shape index (κ2) is 6.32. The molecule has 0 bridgehead atoms. The van der Waals surface area contributed by atoms with Crippen LogP contribution in [0.25, 0.3) is 5.57 Å². The first-order valence-electron chi connectivity index (χ1n) is 5.31. The number of hydrogen-bond donors (Lipinski definition) is 2. The molecule has 17 heavy (non-hydrogen) atoms. The molecule has 1 unspecified atom stereocenters. The Bertz CT molecular complexity index is 440. The summed E-state index contributed by atoms with van der Waals surface area (Å²) in [6.07, 6.45) is 6.42. The maximum atomic E-state index is 10.6. The van der Waals surface area contributed by atoms with Gasteiger partial charge in [0.05, 0.1) is 0 Å². The summed E-state index contributed by atoms with van der Waals surface area (Å²) in [4.78, 5) is 10.6. The van der Waals surface area contributed by atoms with Crippen molar-refractivity contribution in [3.8, 4) is 11.5 Å². The van der Waals surface area contributed by atoms with E-state index in [-0.39, 0.29) is 50.1 Å². The normalized spacial score (nSPS) is 19.1. The molecule has 4 heteroatoms. The molecule has 0 saturated carbocycles. The molecule has 3 nitrogen and oxygen atoms in total. The van der Waals surface area contributed by atoms with E-state index in [4.69, 9.17) is 0 Å². The number of phenols is 2. The summed E-state index contributed by atoms with van der Waals surface area (Å²) < 4.78 is 0. The quantitative estimate of drug-likeness (QED) is 0.825. The van der Waals surface area contributed by atoms with E-state index in [0.717, 1.165) is 24.8 Å². The Morgan fingerprint density at radius 2 is 2.06 bits per heavy atom. The van der Waals surface area contributed by atoms with Gasteiger partial charge < -0.3 is 15.0 Å². The van der Waals surface area contributed by atoms with Crippen LogP contribution >= 0.6 is 0 Å². The summed E-state index contributed by atoms with van der Waals surface area (Å²) >= 11 is 0. The Kier molecular flexibility index (Phi) is 5.35. The average Bonchev–Trinajstić information content (AvgIpc) is 2.29. The smallest absolute Gasteiger partial charge is 0.541 e. The first-order chi connectivity index (χ1) is 7.70. The number of hydrogen-bond acceptors (Lipinski definition) is 3. The fraction of sp³-hybridized carbons (Fsp3) is 0.308. The van der Waals surface area contributed by atoms with Crippen LogP contribution in [0.15, 0.2) is 24.3 Å². The van der Waals surface area contributed by atoms with Crippen LogP contribution in [0.3, 0.4) is 0 Å². The summed E-state index contributed by atoms with van der Waals surface area (Å²) in [5.74, 6) is -0.0779. The zero-order chi connectivity index (χ0) is 11.5. The molecular weight excluding hydrogens is 293 g/mol. The van der Waals surface area contributed by atoms with Crippen LogP contribution in [0, 0.1) is 5.92 Å². The Labute approximate surface area is 125 Å². The van der Waals surface area contributed by atoms with Gasteiger partial charge in [-0.05, 0) is 24.1 Å². The van der Waals surface area contributed by atoms with Gasteiger partial charge in [0.1, 0.15) is 11.5 Å². The molecule has 1 atom stereocenters. The van der Waals surface area contributed by atoms with Crippen LogP contribution in [-0.4, -0.2) is 16.5 Å². The minimum Gasteiger partial charge on any atom is -0.541 e. The van der Waals surface area contributed by atoms with Crippen molar-refractivity contribution >= 4 is 11.9 Å². The zero-order valence-electron chi connectivity index (χ0n) is 9.39. The molecule has 0 aliphatic heterocycles. The zero-order valence-corrected chi connectivity index (χ0v) is 12.2. The van der Waals surface area contributed by atoms with E-state index in [0.29, 0.717) is 5.56 Å². The van der Waals surface area contributed by atoms with Gasteiger partial charge in [0.25, 0.3) is 0 Å². The molecule has 0 amide bonds. The fourth-order valence-electron chi connectivity index (χ4n) is 2.03. The Hall–Kier alpha value is -0.666. The van der Waals surface area contributed by atoms with Crippen molar-refractivity contribution in [2.24, 2.45) is 5.92 Å². The van der Waals surface area contributed by atoms with Crippen molar-refractivity contribution in [2.45, 2.75) is 19.3 Å². The largest absolute Gasteiger partial charge is 3.00 e. The summed E-state index contributed by atoms with van der Waals surface area (Å²) in [7, 11) is 0. The molecule has 1 aromatic rings. The second-order valence-corrected chi connectivity index (χ2v) is 4.01. The van der Waals surface area contributed by atoms with Crippen LogP contribution in [0.4, 0.5) is 0 Å². The molecule has 0 saturated heterocycles. The van der Waals surface area contributed by atoms with E-state index in [1.165, 1.54) is 12.1 Å². The van der Waals surface area contributed by atoms with Crippen LogP contribution in [-0.2, 0) is 37.5 Å². The molecule has 2 rings (SSSR count). The van der Waals surface area contributed by atoms with Crippen LogP contribution < -0.4 is 0 Å². The molecule has 84 valence electrons. The molecule has 0 aromatic heterocycles. The third kappa shape index (κ3) is 3.40. The van der Waals surface area contributed by atoms with Crippen molar-refractivity contribution in [3.05, 3.63) is 29.8 Å². The summed E-state index contributed by atoms with van der Waals surface area (Å²) in [5, 5.41) is 18.9. The number of allylic oxidation sites excluding steroid dienone is 2. The predicted molar refractivity (Wildman–Crippen MR) is 60.8 cm³/mol. The molecular formula is C13H13O3Y+2. The van der Waals surface area contributed by atoms with Crippen molar-refractivity contribution in [3.63, 3.8) is 0 Å². The monoisotopic (exact) mass is 306 g/mol. The van der Waals surface area contributed by atoms with Gasteiger partial charge >= 0.3 is 32.7 Å². The molecule has 1 aliphatic rings. The molecule has 0 heterocycles. The van der Waals surface area contributed by atoms with E-state index in [2.05, 4.69) is 0 Å². The molecule has 0 fully saturated rings. The van der Waals surface area contributed by atoms with E-state index in [1.807, 2.05) is 12.4 Å². The van der Waals surface area contributed by atoms with Crippen molar-refractivity contribution in [2.75, 3.05) is 0 Å². The van der Waals surface area contributed by atoms with E-state index in [9.17, 15) is 15.0 Å². The minimum atomic E-state index is -0.169. The Morgan fingerprint density at radius 1 is 1.29 bits per heavy atom. The predicted octanol–water partition coefficient (Wildman–Crippen LogP) is 2.39. The van der Waals surface area contributed by atoms with Crippen molar-refractivity contribution < 1.29 is 47.7 Å². The van der Waals surface area contributed by atoms with Gasteiger partial charge in [-0.3, -0.25) is 6.29 Å². The Morgan fingerprint density at radius 3 is 2.71 bits per heavy atom. The summed E-state index contributed by atoms with van der Waals surface area (Å²) in [6.45, 7) is 0. The molecule has 2 N–H and O–H groups in total. The SMILES string of the molecule is O=[C-]C1C=C(c2ccc(O)cc2O)CCC1.[Y+3]. The maximum absolute atomic E-state index is 10.6. The molecule has 1 aromatic carbocycles. The molecule has 0 radical (unpaired) electrons. The first kappa shape index (κ1) is 14.4. The van der Waals surface area contributed by atoms with Crippen molar-refractivity contribution in [1.82, 2.24) is 0 Å². The fourth-order valence-corrected chi connectivity index (χ4v) is 2.03. The minimum absolute atomic E-state index is 0. The van der Waals surface area contributed by atoms with Crippen molar-refractivity contribution in [1.29, 1.82) is 0 Å². The van der Waals surface area contributed by atoms with Crippen LogP contribution in [0.2, 0.25) is 0 Å². The second-order valence-electron chi connectivity index (χ2n) is 4.01. The van der Waals surface area contributed by atoms with Gasteiger partial charge in [-0.2, -0.15) is 0 Å². The van der Waals surface area contributed by atoms with Gasteiger partial charge in [0, 0.05) is 11.6 Å². The third-order valence-corrected chi connectivity index (χ3v) is 2.84. The van der Waals surface area contributed by atoms with E-state index >= 15 is 0 Å². The first-order valence-corrected chi connectivity index (χ1v) is 5.31. The average molecular weight is 306 g/mol. The van der Waals surface area contributed by atoms with Gasteiger partial charge in [-0.1, -0.05) is 12.8 Å². The number of phenolic OH excluding ortho intramolecular Hbond substituents is 2. The number of aromatic hydroxyl groups is 2. The van der Waals surface area contributed by atoms with Gasteiger partial charge in [0.2, 0.25) is 0 Å². The standard InChI is InChI=1S/C13H13O3.Y/c14-8-9-2-1-3-10(6-9)12-5-4-11(15)7-13(12)16;/h4-7,9,15-16H,1-3H2;/q-1;+3.